The number of fused-ring (bicyclic) bond motifs is 6. The molecule has 0 spiro atoms. The predicted octanol–water partition coefficient (Wildman–Crippen LogP) is 8.47. The second-order valence-electron chi connectivity index (χ2n) is 9.59. The van der Waals surface area contributed by atoms with Gasteiger partial charge in [-0.2, -0.15) is 0 Å². The molecule has 4 aromatic rings. The van der Waals surface area contributed by atoms with E-state index in [0.717, 1.165) is 0 Å². The molecule has 0 radical (unpaired) electrons. The normalized spacial score (nSPS) is 14.1. The molecule has 2 aliphatic carbocycles. The molecule has 0 amide bonds. The van der Waals surface area contributed by atoms with Gasteiger partial charge in [0.05, 0.1) is 0 Å². The minimum atomic E-state index is -4.09. The number of carbonyl (C=O) groups excluding carboxylic acids is 2. The molecule has 0 bridgehead atoms. The Morgan fingerprint density at radius 2 is 0.811 bits per heavy atom. The van der Waals surface area contributed by atoms with Gasteiger partial charge in [-0.15, -0.1) is 0 Å². The molecule has 0 fully saturated rings. The summed E-state index contributed by atoms with van der Waals surface area (Å²) in [4.78, 5) is 27.1. The summed E-state index contributed by atoms with van der Waals surface area (Å²) < 4.78 is 0.152. The molecule has 0 N–H and O–H groups in total. The first-order valence-electron chi connectivity index (χ1n) is 12.9. The van der Waals surface area contributed by atoms with Crippen LogP contribution in [0, 0.1) is 0 Å². The molecule has 2 nitrogen and oxygen atoms in total. The van der Waals surface area contributed by atoms with Crippen LogP contribution >= 0.6 is 17.9 Å². The molecule has 5 heteroatoms. The number of benzene rings is 4. The molecule has 37 heavy (non-hydrogen) atoms. The summed E-state index contributed by atoms with van der Waals surface area (Å²) in [7, 11) is 3.20. The number of rotatable bonds is 6. The van der Waals surface area contributed by atoms with Crippen LogP contribution in [0.15, 0.2) is 97.1 Å². The average molecular weight is 627 g/mol. The van der Waals surface area contributed by atoms with Crippen molar-refractivity contribution in [3.8, 4) is 22.3 Å². The first kappa shape index (κ1) is 25.0. The van der Waals surface area contributed by atoms with Gasteiger partial charge in [0.15, 0.2) is 0 Å². The fourth-order valence-corrected chi connectivity index (χ4v) is 40.7. The molecular formula is C32H28O2S2Sn. The molecule has 0 saturated carbocycles. The molecule has 2 aliphatic rings. The quantitative estimate of drug-likeness (QED) is 0.201. The van der Waals surface area contributed by atoms with Crippen molar-refractivity contribution in [1.29, 1.82) is 0 Å². The Bertz CT molecular complexity index is 1320. The summed E-state index contributed by atoms with van der Waals surface area (Å²) in [6.45, 7) is 3.90. The van der Waals surface area contributed by atoms with Crippen LogP contribution in [0.5, 0.6) is 0 Å². The summed E-state index contributed by atoms with van der Waals surface area (Å²) in [5.41, 5.74) is 10.1. The molecule has 4 aromatic carbocycles. The van der Waals surface area contributed by atoms with E-state index in [2.05, 4.69) is 97.1 Å². The van der Waals surface area contributed by atoms with Gasteiger partial charge in [0.25, 0.3) is 0 Å². The third kappa shape index (κ3) is 4.03. The Balaban J connectivity index is 1.71. The van der Waals surface area contributed by atoms with E-state index in [1.165, 1.54) is 44.5 Å². The maximum atomic E-state index is 13.5. The molecule has 6 rings (SSSR count). The number of carbonyl (C=O) groups is 2. The second kappa shape index (κ2) is 10.1. The van der Waals surface area contributed by atoms with E-state index in [0.29, 0.717) is 12.8 Å². The van der Waals surface area contributed by atoms with Gasteiger partial charge in [0.2, 0.25) is 0 Å². The fraction of sp³-hybridized carbons (Fsp3) is 0.188. The van der Waals surface area contributed by atoms with Crippen molar-refractivity contribution in [2.45, 2.75) is 34.6 Å². The molecule has 0 unspecified atom stereocenters. The third-order valence-electron chi connectivity index (χ3n) is 7.60. The molecule has 0 saturated heterocycles. The van der Waals surface area contributed by atoms with E-state index < -0.39 is 15.6 Å². The van der Waals surface area contributed by atoms with Gasteiger partial charge >= 0.3 is 229 Å². The van der Waals surface area contributed by atoms with Gasteiger partial charge in [0.1, 0.15) is 0 Å². The van der Waals surface area contributed by atoms with Crippen LogP contribution in [0.4, 0.5) is 0 Å². The fourth-order valence-electron chi connectivity index (χ4n) is 6.10. The summed E-state index contributed by atoms with van der Waals surface area (Å²) in [5, 5.41) is 0.409. The van der Waals surface area contributed by atoms with Crippen molar-refractivity contribution in [2.75, 3.05) is 0 Å². The zero-order chi connectivity index (χ0) is 25.6. The zero-order valence-electron chi connectivity index (χ0n) is 20.9. The number of hydrogen-bond acceptors (Lipinski definition) is 4. The molecular weight excluding hydrogens is 599 g/mol. The summed E-state index contributed by atoms with van der Waals surface area (Å²) in [6.07, 6.45) is 0.937. The van der Waals surface area contributed by atoms with Crippen LogP contribution in [-0.4, -0.2) is 25.8 Å². The Morgan fingerprint density at radius 1 is 0.541 bits per heavy atom. The van der Waals surface area contributed by atoms with Crippen molar-refractivity contribution < 1.29 is 9.59 Å². The van der Waals surface area contributed by atoms with E-state index in [1.807, 2.05) is 13.8 Å². The molecule has 184 valence electrons. The standard InChI is InChI=1S/2C13H9.2C3H6OS.Sn/c2*1-3-7-12-10(5-1)9-11-6-2-4-8-13(11)12;2*1-2-3(4)5;/h2*1-9H;2*2H2,1H3,(H,4,5);/q;;;;+2/p-2. The molecule has 0 heterocycles. The Hall–Kier alpha value is -2.28. The maximum absolute atomic E-state index is 13.5. The monoisotopic (exact) mass is 628 g/mol. The SMILES string of the molecule is CCC(=O)[S][Sn]([S]C(=O)CC)([CH]1c2ccccc2-c2ccccc21)[CH]1c2ccccc2-c2ccccc21. The molecule has 0 atom stereocenters. The second-order valence-corrected chi connectivity index (χ2v) is 32.6. The van der Waals surface area contributed by atoms with Gasteiger partial charge in [0, 0.05) is 0 Å². The Morgan fingerprint density at radius 3 is 1.08 bits per heavy atom. The Kier molecular flexibility index (Phi) is 6.84. The van der Waals surface area contributed by atoms with Crippen LogP contribution in [-0.2, 0) is 9.59 Å². The first-order valence-corrected chi connectivity index (χ1v) is 24.8. The topological polar surface area (TPSA) is 34.1 Å². The van der Waals surface area contributed by atoms with Gasteiger partial charge in [-0.05, 0) is 0 Å². The number of hydrogen-bond donors (Lipinski definition) is 0. The van der Waals surface area contributed by atoms with Crippen LogP contribution in [0.1, 0.15) is 56.8 Å². The van der Waals surface area contributed by atoms with Crippen molar-refractivity contribution in [2.24, 2.45) is 0 Å². The first-order chi connectivity index (χ1) is 18.1. The van der Waals surface area contributed by atoms with Crippen LogP contribution in [0.25, 0.3) is 22.3 Å². The predicted molar refractivity (Wildman–Crippen MR) is 159 cm³/mol. The van der Waals surface area contributed by atoms with E-state index in [9.17, 15) is 9.59 Å². The van der Waals surface area contributed by atoms with E-state index in [1.54, 1.807) is 17.9 Å². The summed E-state index contributed by atoms with van der Waals surface area (Å²) in [6, 6.07) is 34.7. The van der Waals surface area contributed by atoms with Gasteiger partial charge in [-0.25, -0.2) is 0 Å². The van der Waals surface area contributed by atoms with Crippen molar-refractivity contribution in [3.05, 3.63) is 119 Å². The van der Waals surface area contributed by atoms with E-state index >= 15 is 0 Å². The van der Waals surface area contributed by atoms with Gasteiger partial charge in [-0.1, -0.05) is 0 Å². The average Bonchev–Trinajstić information content (AvgIpc) is 3.46. The van der Waals surface area contributed by atoms with Gasteiger partial charge in [-0.3, -0.25) is 0 Å². The summed E-state index contributed by atoms with van der Waals surface area (Å²) in [5.74, 6) is 0. The van der Waals surface area contributed by atoms with Crippen molar-refractivity contribution in [1.82, 2.24) is 0 Å². The van der Waals surface area contributed by atoms with E-state index in [-0.39, 0.29) is 18.1 Å². The zero-order valence-corrected chi connectivity index (χ0v) is 25.4. The Labute approximate surface area is 228 Å². The van der Waals surface area contributed by atoms with E-state index in [4.69, 9.17) is 0 Å². The van der Waals surface area contributed by atoms with Crippen molar-refractivity contribution >= 4 is 43.7 Å². The van der Waals surface area contributed by atoms with Crippen LogP contribution in [0.2, 0.25) is 0 Å². The van der Waals surface area contributed by atoms with Crippen LogP contribution < -0.4 is 0 Å². The minimum absolute atomic E-state index is 0.0758. The van der Waals surface area contributed by atoms with Crippen LogP contribution in [0.3, 0.4) is 0 Å². The third-order valence-corrected chi connectivity index (χ3v) is 36.5. The van der Waals surface area contributed by atoms with Gasteiger partial charge < -0.3 is 0 Å². The molecule has 0 aromatic heterocycles. The molecule has 0 aliphatic heterocycles. The summed E-state index contributed by atoms with van der Waals surface area (Å²) >= 11 is -4.09. The van der Waals surface area contributed by atoms with Crippen molar-refractivity contribution in [3.63, 3.8) is 0 Å².